The van der Waals surface area contributed by atoms with Crippen LogP contribution in [-0.4, -0.2) is 23.1 Å². The fourth-order valence-electron chi connectivity index (χ4n) is 1.20. The monoisotopic (exact) mass is 195 g/mol. The minimum atomic E-state index is -0.0434. The van der Waals surface area contributed by atoms with E-state index in [4.69, 9.17) is 5.73 Å². The number of amides is 1. The van der Waals surface area contributed by atoms with Crippen molar-refractivity contribution < 1.29 is 4.79 Å². The maximum absolute atomic E-state index is 11.5. The number of hydrogen-bond donors (Lipinski definition) is 2. The van der Waals surface area contributed by atoms with Gasteiger partial charge in [0, 0.05) is 25.8 Å². The van der Waals surface area contributed by atoms with Crippen molar-refractivity contribution in [2.75, 3.05) is 6.54 Å². The van der Waals surface area contributed by atoms with Crippen LogP contribution < -0.4 is 11.1 Å². The zero-order valence-electron chi connectivity index (χ0n) is 8.66. The maximum atomic E-state index is 11.5. The number of aromatic nitrogens is 1. The van der Waals surface area contributed by atoms with Crippen molar-refractivity contribution in [3.8, 4) is 0 Å². The van der Waals surface area contributed by atoms with Gasteiger partial charge in [0.05, 0.1) is 0 Å². The lowest BCUT2D eigenvalue weighted by atomic mass is 10.2. The molecule has 0 aromatic carbocycles. The molecule has 0 radical (unpaired) electrons. The summed E-state index contributed by atoms with van der Waals surface area (Å²) in [6.45, 7) is 2.55. The summed E-state index contributed by atoms with van der Waals surface area (Å²) in [6, 6.07) is 3.77. The van der Waals surface area contributed by atoms with Gasteiger partial charge in [0.1, 0.15) is 5.69 Å². The van der Waals surface area contributed by atoms with Crippen LogP contribution in [0.25, 0.3) is 0 Å². The average Bonchev–Trinajstić information content (AvgIpc) is 2.50. The number of nitrogens with two attached hydrogens (primary N) is 1. The molecule has 1 aromatic heterocycles. The molecule has 4 nitrogen and oxygen atoms in total. The molecule has 0 aliphatic carbocycles. The Labute approximate surface area is 84.1 Å². The number of rotatable bonds is 4. The van der Waals surface area contributed by atoms with E-state index in [9.17, 15) is 4.79 Å². The van der Waals surface area contributed by atoms with Gasteiger partial charge in [-0.1, -0.05) is 0 Å². The first kappa shape index (κ1) is 10.8. The molecule has 0 fully saturated rings. The second kappa shape index (κ2) is 4.81. The third-order valence-corrected chi connectivity index (χ3v) is 2.06. The second-order valence-electron chi connectivity index (χ2n) is 3.53. The lowest BCUT2D eigenvalue weighted by Crippen LogP contribution is -2.29. The molecule has 0 aliphatic rings. The molecule has 0 saturated carbocycles. The van der Waals surface area contributed by atoms with Crippen molar-refractivity contribution in [2.45, 2.75) is 19.4 Å². The van der Waals surface area contributed by atoms with Gasteiger partial charge in [0.2, 0.25) is 0 Å². The molecule has 0 bridgehead atoms. The lowest BCUT2D eigenvalue weighted by molar-refractivity contribution is 0.0944. The largest absolute Gasteiger partial charge is 0.351 e. The molecule has 0 spiro atoms. The zero-order valence-corrected chi connectivity index (χ0v) is 8.66. The fraction of sp³-hybridized carbons (Fsp3) is 0.500. The summed E-state index contributed by atoms with van der Waals surface area (Å²) in [6.07, 6.45) is 2.65. The van der Waals surface area contributed by atoms with Gasteiger partial charge >= 0.3 is 0 Å². The Kier molecular flexibility index (Phi) is 3.71. The molecule has 0 saturated heterocycles. The summed E-state index contributed by atoms with van der Waals surface area (Å²) in [4.78, 5) is 11.5. The van der Waals surface area contributed by atoms with Crippen LogP contribution in [0.5, 0.6) is 0 Å². The van der Waals surface area contributed by atoms with Crippen molar-refractivity contribution in [3.63, 3.8) is 0 Å². The molecule has 1 amide bonds. The van der Waals surface area contributed by atoms with Gasteiger partial charge in [-0.25, -0.2) is 0 Å². The highest BCUT2D eigenvalue weighted by atomic mass is 16.1. The number of carbonyl (C=O) groups excluding carboxylic acids is 1. The van der Waals surface area contributed by atoms with E-state index in [2.05, 4.69) is 5.32 Å². The van der Waals surface area contributed by atoms with E-state index in [0.717, 1.165) is 6.42 Å². The molecule has 1 heterocycles. The van der Waals surface area contributed by atoms with Crippen molar-refractivity contribution in [1.29, 1.82) is 0 Å². The highest BCUT2D eigenvalue weighted by molar-refractivity contribution is 5.92. The van der Waals surface area contributed by atoms with Gasteiger partial charge in [-0.2, -0.15) is 0 Å². The summed E-state index contributed by atoms with van der Waals surface area (Å²) >= 11 is 0. The normalized spacial score (nSPS) is 12.5. The van der Waals surface area contributed by atoms with Crippen LogP contribution in [0, 0.1) is 0 Å². The van der Waals surface area contributed by atoms with E-state index < -0.39 is 0 Å². The molecular weight excluding hydrogens is 178 g/mol. The zero-order chi connectivity index (χ0) is 10.6. The molecule has 4 heteroatoms. The number of nitrogens with one attached hydrogen (secondary N) is 1. The summed E-state index contributed by atoms with van der Waals surface area (Å²) in [5, 5.41) is 2.82. The summed E-state index contributed by atoms with van der Waals surface area (Å²) in [7, 11) is 1.85. The van der Waals surface area contributed by atoms with Crippen LogP contribution in [0.2, 0.25) is 0 Å². The fourth-order valence-corrected chi connectivity index (χ4v) is 1.20. The van der Waals surface area contributed by atoms with Crippen LogP contribution >= 0.6 is 0 Å². The summed E-state index contributed by atoms with van der Waals surface area (Å²) < 4.78 is 1.79. The Hall–Kier alpha value is -1.29. The Morgan fingerprint density at radius 3 is 2.93 bits per heavy atom. The van der Waals surface area contributed by atoms with E-state index in [1.54, 1.807) is 10.6 Å². The predicted molar refractivity (Wildman–Crippen MR) is 56.0 cm³/mol. The first-order valence-corrected chi connectivity index (χ1v) is 4.76. The first-order chi connectivity index (χ1) is 6.61. The quantitative estimate of drug-likeness (QED) is 0.734. The molecule has 78 valence electrons. The molecule has 14 heavy (non-hydrogen) atoms. The van der Waals surface area contributed by atoms with Gasteiger partial charge in [-0.05, 0) is 25.5 Å². The van der Waals surface area contributed by atoms with E-state index in [1.807, 2.05) is 26.2 Å². The van der Waals surface area contributed by atoms with Crippen LogP contribution in [0.3, 0.4) is 0 Å². The van der Waals surface area contributed by atoms with Gasteiger partial charge in [-0.15, -0.1) is 0 Å². The topological polar surface area (TPSA) is 60.0 Å². The highest BCUT2D eigenvalue weighted by Gasteiger charge is 2.07. The van der Waals surface area contributed by atoms with Crippen LogP contribution in [0.1, 0.15) is 23.8 Å². The van der Waals surface area contributed by atoms with Gasteiger partial charge in [0.15, 0.2) is 0 Å². The molecule has 3 N–H and O–H groups in total. The molecule has 0 aliphatic heterocycles. The summed E-state index contributed by atoms with van der Waals surface area (Å²) in [5.74, 6) is -0.0434. The van der Waals surface area contributed by atoms with Gasteiger partial charge < -0.3 is 15.6 Å². The van der Waals surface area contributed by atoms with Gasteiger partial charge in [0.25, 0.3) is 5.91 Å². The van der Waals surface area contributed by atoms with E-state index in [1.165, 1.54) is 0 Å². The Morgan fingerprint density at radius 1 is 1.71 bits per heavy atom. The Balaban J connectivity index is 2.40. The second-order valence-corrected chi connectivity index (χ2v) is 3.53. The maximum Gasteiger partial charge on any atom is 0.267 e. The minimum Gasteiger partial charge on any atom is -0.351 e. The van der Waals surface area contributed by atoms with Crippen molar-refractivity contribution >= 4 is 5.91 Å². The summed E-state index contributed by atoms with van der Waals surface area (Å²) in [5.41, 5.74) is 6.25. The molecule has 1 aromatic rings. The van der Waals surface area contributed by atoms with Crippen molar-refractivity contribution in [1.82, 2.24) is 9.88 Å². The smallest absolute Gasteiger partial charge is 0.267 e. The Bertz CT molecular complexity index is 304. The predicted octanol–water partition coefficient (Wildman–Crippen LogP) is 0.492. The standard InChI is InChI=1S/C10H17N3O/c1-8(11)5-6-12-10(14)9-4-3-7-13(9)2/h3-4,7-8H,5-6,11H2,1-2H3,(H,12,14). The SMILES string of the molecule is CC(N)CCNC(=O)c1cccn1C. The number of carbonyl (C=O) groups is 1. The highest BCUT2D eigenvalue weighted by Crippen LogP contribution is 1.98. The third-order valence-electron chi connectivity index (χ3n) is 2.06. The molecular formula is C10H17N3O. The Morgan fingerprint density at radius 2 is 2.43 bits per heavy atom. The molecule has 1 rings (SSSR count). The first-order valence-electron chi connectivity index (χ1n) is 4.76. The minimum absolute atomic E-state index is 0.0434. The van der Waals surface area contributed by atoms with Crippen molar-refractivity contribution in [2.24, 2.45) is 12.8 Å². The van der Waals surface area contributed by atoms with E-state index >= 15 is 0 Å². The molecule has 1 unspecified atom stereocenters. The number of hydrogen-bond acceptors (Lipinski definition) is 2. The van der Waals surface area contributed by atoms with Crippen molar-refractivity contribution in [3.05, 3.63) is 24.0 Å². The lowest BCUT2D eigenvalue weighted by Gasteiger charge is -2.07. The van der Waals surface area contributed by atoms with Crippen LogP contribution in [0.15, 0.2) is 18.3 Å². The van der Waals surface area contributed by atoms with E-state index in [-0.39, 0.29) is 11.9 Å². The molecule has 1 atom stereocenters. The van der Waals surface area contributed by atoms with Crippen LogP contribution in [-0.2, 0) is 7.05 Å². The third kappa shape index (κ3) is 2.88. The van der Waals surface area contributed by atoms with Crippen LogP contribution in [0.4, 0.5) is 0 Å². The average molecular weight is 195 g/mol. The van der Waals surface area contributed by atoms with Gasteiger partial charge in [-0.3, -0.25) is 4.79 Å². The number of nitrogens with zero attached hydrogens (tertiary/aromatic N) is 1. The van der Waals surface area contributed by atoms with E-state index in [0.29, 0.717) is 12.2 Å². The number of aryl methyl sites for hydroxylation is 1.